The summed E-state index contributed by atoms with van der Waals surface area (Å²) in [6, 6.07) is 1.61. The molecule has 0 aliphatic carbocycles. The molecule has 0 spiro atoms. The number of halogens is 3. The molecule has 5 nitrogen and oxygen atoms in total. The van der Waals surface area contributed by atoms with Crippen LogP contribution in [0.4, 0.5) is 14.5 Å². The highest BCUT2D eigenvalue weighted by atomic mass is 35.5. The van der Waals surface area contributed by atoms with Crippen LogP contribution in [-0.2, 0) is 6.42 Å². The number of rotatable bonds is 3. The zero-order valence-electron chi connectivity index (χ0n) is 7.65. The van der Waals surface area contributed by atoms with Crippen LogP contribution in [0.2, 0.25) is 5.02 Å². The highest BCUT2D eigenvalue weighted by molar-refractivity contribution is 6.31. The van der Waals surface area contributed by atoms with Gasteiger partial charge in [-0.05, 0) is 0 Å². The van der Waals surface area contributed by atoms with Crippen LogP contribution in [0.5, 0.6) is 0 Å². The third-order valence-corrected chi connectivity index (χ3v) is 2.07. The lowest BCUT2D eigenvalue weighted by Crippen LogP contribution is -2.04. The van der Waals surface area contributed by atoms with Gasteiger partial charge in [-0.1, -0.05) is 11.6 Å². The number of nitriles is 1. The van der Waals surface area contributed by atoms with Gasteiger partial charge >= 0.3 is 5.69 Å². The second kappa shape index (κ2) is 4.81. The van der Waals surface area contributed by atoms with Gasteiger partial charge in [0.1, 0.15) is 11.3 Å². The van der Waals surface area contributed by atoms with Gasteiger partial charge in [-0.25, -0.2) is 8.78 Å². The highest BCUT2D eigenvalue weighted by Gasteiger charge is 2.29. The van der Waals surface area contributed by atoms with Crippen molar-refractivity contribution < 1.29 is 13.7 Å². The Morgan fingerprint density at radius 3 is 2.75 bits per heavy atom. The van der Waals surface area contributed by atoms with Crippen molar-refractivity contribution in [2.75, 3.05) is 0 Å². The molecule has 16 heavy (non-hydrogen) atoms. The predicted molar refractivity (Wildman–Crippen MR) is 50.2 cm³/mol. The SMILES string of the molecule is N#CCc1ncc(Cl)c(C(F)F)c1[N+](=O)[O-]. The number of hydrogen-bond acceptors (Lipinski definition) is 4. The van der Waals surface area contributed by atoms with Crippen molar-refractivity contribution in [2.45, 2.75) is 12.8 Å². The van der Waals surface area contributed by atoms with Crippen molar-refractivity contribution in [1.82, 2.24) is 4.98 Å². The van der Waals surface area contributed by atoms with Gasteiger partial charge in [-0.3, -0.25) is 15.1 Å². The summed E-state index contributed by atoms with van der Waals surface area (Å²) in [4.78, 5) is 13.1. The van der Waals surface area contributed by atoms with E-state index < -0.39 is 34.0 Å². The maximum absolute atomic E-state index is 12.6. The number of aromatic nitrogens is 1. The average Bonchev–Trinajstić information content (AvgIpc) is 2.19. The molecule has 0 aliphatic heterocycles. The first kappa shape index (κ1) is 12.3. The quantitative estimate of drug-likeness (QED) is 0.607. The summed E-state index contributed by atoms with van der Waals surface area (Å²) in [5.74, 6) is 0. The molecule has 0 aliphatic rings. The fraction of sp³-hybridized carbons (Fsp3) is 0.250. The Hall–Kier alpha value is -1.81. The molecule has 84 valence electrons. The first-order valence-corrected chi connectivity index (χ1v) is 4.33. The lowest BCUT2D eigenvalue weighted by atomic mass is 10.1. The molecule has 1 aromatic rings. The normalized spacial score (nSPS) is 10.2. The molecule has 0 amide bonds. The first-order valence-electron chi connectivity index (χ1n) is 3.95. The summed E-state index contributed by atoms with van der Waals surface area (Å²) in [6.07, 6.45) is -2.64. The lowest BCUT2D eigenvalue weighted by Gasteiger charge is -2.06. The Labute approximate surface area is 93.4 Å². The molecular formula is C8H4ClF2N3O2. The van der Waals surface area contributed by atoms with E-state index in [1.165, 1.54) is 0 Å². The van der Waals surface area contributed by atoms with Crippen LogP contribution in [0.3, 0.4) is 0 Å². The van der Waals surface area contributed by atoms with Gasteiger partial charge in [-0.2, -0.15) is 5.26 Å². The third-order valence-electron chi connectivity index (χ3n) is 1.77. The molecule has 8 heteroatoms. The Bertz CT molecular complexity index is 473. The van der Waals surface area contributed by atoms with Crippen LogP contribution < -0.4 is 0 Å². The van der Waals surface area contributed by atoms with Crippen LogP contribution in [0, 0.1) is 21.4 Å². The minimum absolute atomic E-state index is 0.313. The average molecular weight is 248 g/mol. The number of nitrogens with zero attached hydrogens (tertiary/aromatic N) is 3. The van der Waals surface area contributed by atoms with Gasteiger partial charge in [0, 0.05) is 6.20 Å². The van der Waals surface area contributed by atoms with Gasteiger partial charge < -0.3 is 0 Å². The fourth-order valence-corrected chi connectivity index (χ4v) is 1.37. The van der Waals surface area contributed by atoms with E-state index >= 15 is 0 Å². The van der Waals surface area contributed by atoms with Gasteiger partial charge in [0.25, 0.3) is 6.43 Å². The van der Waals surface area contributed by atoms with E-state index in [2.05, 4.69) is 4.98 Å². The Kier molecular flexibility index (Phi) is 3.68. The summed E-state index contributed by atoms with van der Waals surface area (Å²) in [5.41, 5.74) is -2.09. The first-order chi connectivity index (χ1) is 7.49. The molecule has 0 radical (unpaired) electrons. The molecule has 1 heterocycles. The second-order valence-electron chi connectivity index (χ2n) is 2.71. The van der Waals surface area contributed by atoms with E-state index in [0.29, 0.717) is 0 Å². The van der Waals surface area contributed by atoms with Crippen LogP contribution in [-0.4, -0.2) is 9.91 Å². The van der Waals surface area contributed by atoms with E-state index in [4.69, 9.17) is 16.9 Å². The summed E-state index contributed by atoms with van der Waals surface area (Å²) < 4.78 is 25.1. The monoisotopic (exact) mass is 247 g/mol. The van der Waals surface area contributed by atoms with E-state index in [1.54, 1.807) is 6.07 Å². The van der Waals surface area contributed by atoms with Gasteiger partial charge in [0.15, 0.2) is 0 Å². The maximum Gasteiger partial charge on any atom is 0.302 e. The van der Waals surface area contributed by atoms with Crippen molar-refractivity contribution in [3.05, 3.63) is 32.6 Å². The molecule has 0 bridgehead atoms. The van der Waals surface area contributed by atoms with Gasteiger partial charge in [-0.15, -0.1) is 0 Å². The molecule has 0 unspecified atom stereocenters. The minimum atomic E-state index is -3.09. The standard InChI is InChI=1S/C8H4ClF2N3O2/c9-4-3-13-5(1-2-12)7(14(15)16)6(4)8(10)11/h3,8H,1H2. The summed E-state index contributed by atoms with van der Waals surface area (Å²) >= 11 is 5.41. The van der Waals surface area contributed by atoms with Crippen LogP contribution in [0.15, 0.2) is 6.20 Å². The largest absolute Gasteiger partial charge is 0.302 e. The van der Waals surface area contributed by atoms with Crippen LogP contribution >= 0.6 is 11.6 Å². The van der Waals surface area contributed by atoms with Crippen molar-refractivity contribution in [3.63, 3.8) is 0 Å². The van der Waals surface area contributed by atoms with Crippen molar-refractivity contribution in [2.24, 2.45) is 0 Å². The zero-order valence-corrected chi connectivity index (χ0v) is 8.41. The Morgan fingerprint density at radius 2 is 2.31 bits per heavy atom. The van der Waals surface area contributed by atoms with Crippen molar-refractivity contribution >= 4 is 17.3 Å². The summed E-state index contributed by atoms with van der Waals surface area (Å²) in [6.45, 7) is 0. The molecule has 0 aromatic carbocycles. The fourth-order valence-electron chi connectivity index (χ4n) is 1.15. The van der Waals surface area contributed by atoms with Crippen molar-refractivity contribution in [3.8, 4) is 6.07 Å². The number of hydrogen-bond donors (Lipinski definition) is 0. The van der Waals surface area contributed by atoms with Crippen LogP contribution in [0.25, 0.3) is 0 Å². The van der Waals surface area contributed by atoms with E-state index in [-0.39, 0.29) is 5.69 Å². The predicted octanol–water partition coefficient (Wildman–Crippen LogP) is 2.65. The molecule has 0 saturated heterocycles. The molecule has 0 atom stereocenters. The molecule has 0 saturated carbocycles. The number of alkyl halides is 2. The number of pyridine rings is 1. The molecule has 0 fully saturated rings. The Balaban J connectivity index is 3.51. The van der Waals surface area contributed by atoms with Crippen LogP contribution in [0.1, 0.15) is 17.7 Å². The van der Waals surface area contributed by atoms with Crippen molar-refractivity contribution in [1.29, 1.82) is 5.26 Å². The number of nitro groups is 1. The highest BCUT2D eigenvalue weighted by Crippen LogP contribution is 2.36. The molecule has 1 rings (SSSR count). The second-order valence-corrected chi connectivity index (χ2v) is 3.12. The van der Waals surface area contributed by atoms with E-state index in [9.17, 15) is 18.9 Å². The molecular weight excluding hydrogens is 244 g/mol. The van der Waals surface area contributed by atoms with Gasteiger partial charge in [0.05, 0.1) is 22.4 Å². The van der Waals surface area contributed by atoms with E-state index in [0.717, 1.165) is 6.20 Å². The topological polar surface area (TPSA) is 79.8 Å². The lowest BCUT2D eigenvalue weighted by molar-refractivity contribution is -0.387. The molecule has 1 aromatic heterocycles. The molecule has 0 N–H and O–H groups in total. The summed E-state index contributed by atoms with van der Waals surface area (Å²) in [7, 11) is 0. The van der Waals surface area contributed by atoms with Gasteiger partial charge in [0.2, 0.25) is 0 Å². The maximum atomic E-state index is 12.6. The summed E-state index contributed by atoms with van der Waals surface area (Å²) in [5, 5.41) is 18.5. The minimum Gasteiger partial charge on any atom is -0.258 e. The smallest absolute Gasteiger partial charge is 0.258 e. The Morgan fingerprint density at radius 1 is 1.69 bits per heavy atom. The third kappa shape index (κ3) is 2.23. The van der Waals surface area contributed by atoms with E-state index in [1.807, 2.05) is 0 Å². The zero-order chi connectivity index (χ0) is 12.3.